The van der Waals surface area contributed by atoms with Crippen molar-refractivity contribution >= 4 is 5.97 Å². The van der Waals surface area contributed by atoms with Gasteiger partial charge in [0.1, 0.15) is 0 Å². The van der Waals surface area contributed by atoms with Gasteiger partial charge in [-0.25, -0.2) is 0 Å². The number of carboxylic acid groups (broad SMARTS) is 1. The van der Waals surface area contributed by atoms with Gasteiger partial charge in [-0.05, 0) is 18.6 Å². The number of aliphatic carboxylic acids is 1. The fourth-order valence-electron chi connectivity index (χ4n) is 3.34. The second-order valence-electron chi connectivity index (χ2n) is 6.40. The highest BCUT2D eigenvalue weighted by Gasteiger charge is 2.34. The Morgan fingerprint density at radius 3 is 2.95 bits per heavy atom. The minimum atomic E-state index is -0.765. The summed E-state index contributed by atoms with van der Waals surface area (Å²) in [7, 11) is 0. The molecule has 0 aliphatic carbocycles. The first-order chi connectivity index (χ1) is 10.6. The molecule has 0 spiro atoms. The summed E-state index contributed by atoms with van der Waals surface area (Å²) in [6.07, 6.45) is 1.90. The largest absolute Gasteiger partial charge is 0.480 e. The molecular formula is C16H23N3O3. The van der Waals surface area contributed by atoms with Gasteiger partial charge >= 0.3 is 5.97 Å². The van der Waals surface area contributed by atoms with Crippen molar-refractivity contribution in [1.29, 1.82) is 0 Å². The lowest BCUT2D eigenvalue weighted by Crippen LogP contribution is -2.45. The average Bonchev–Trinajstić information content (AvgIpc) is 2.70. The van der Waals surface area contributed by atoms with E-state index in [0.29, 0.717) is 19.1 Å². The lowest BCUT2D eigenvalue weighted by molar-refractivity contribution is -0.139. The van der Waals surface area contributed by atoms with Crippen LogP contribution in [-0.4, -0.2) is 71.3 Å². The number of carboxylic acids is 1. The van der Waals surface area contributed by atoms with E-state index < -0.39 is 5.97 Å². The van der Waals surface area contributed by atoms with Gasteiger partial charge in [0, 0.05) is 44.3 Å². The fourth-order valence-corrected chi connectivity index (χ4v) is 3.34. The van der Waals surface area contributed by atoms with Crippen LogP contribution < -0.4 is 0 Å². The standard InChI is InChI=1S/C16H23N3O3/c1-12-2-3-14(17-4-12)7-18-5-13-6-19(9-16(20)21)15(8-18)11-22-10-13/h2-4,13,15H,5-11H2,1H3,(H,20,21)/t13-,15-/m0/s1. The Morgan fingerprint density at radius 1 is 1.36 bits per heavy atom. The van der Waals surface area contributed by atoms with Crippen molar-refractivity contribution in [2.45, 2.75) is 19.5 Å². The average molecular weight is 305 g/mol. The van der Waals surface area contributed by atoms with Crippen LogP contribution >= 0.6 is 0 Å². The lowest BCUT2D eigenvalue weighted by atomic mass is 10.1. The summed E-state index contributed by atoms with van der Waals surface area (Å²) in [5.74, 6) is -0.406. The Kier molecular flexibility index (Phi) is 4.71. The summed E-state index contributed by atoms with van der Waals surface area (Å²) in [5, 5.41) is 9.10. The number of aromatic nitrogens is 1. The third-order valence-electron chi connectivity index (χ3n) is 4.35. The molecule has 6 nitrogen and oxygen atoms in total. The first-order valence-corrected chi connectivity index (χ1v) is 7.77. The van der Waals surface area contributed by atoms with Crippen LogP contribution in [0.15, 0.2) is 18.3 Å². The number of fused-ring (bicyclic) bond motifs is 3. The molecule has 2 atom stereocenters. The molecule has 1 aromatic heterocycles. The summed E-state index contributed by atoms with van der Waals surface area (Å²) in [5.41, 5.74) is 2.23. The van der Waals surface area contributed by atoms with E-state index in [1.807, 2.05) is 13.1 Å². The topological polar surface area (TPSA) is 65.9 Å². The normalized spacial score (nSPS) is 26.6. The summed E-state index contributed by atoms with van der Waals surface area (Å²) >= 11 is 0. The Morgan fingerprint density at radius 2 is 2.23 bits per heavy atom. The monoisotopic (exact) mass is 305 g/mol. The van der Waals surface area contributed by atoms with Crippen molar-refractivity contribution in [1.82, 2.24) is 14.8 Å². The molecule has 2 fully saturated rings. The molecule has 3 rings (SSSR count). The zero-order valence-corrected chi connectivity index (χ0v) is 12.9. The van der Waals surface area contributed by atoms with Crippen LogP contribution in [0.2, 0.25) is 0 Å². The molecule has 1 aromatic rings. The molecule has 0 aromatic carbocycles. The molecule has 120 valence electrons. The quantitative estimate of drug-likeness (QED) is 0.879. The smallest absolute Gasteiger partial charge is 0.317 e. The maximum absolute atomic E-state index is 11.1. The third kappa shape index (κ3) is 3.82. The van der Waals surface area contributed by atoms with Gasteiger partial charge in [-0.1, -0.05) is 6.07 Å². The molecule has 0 unspecified atom stereocenters. The fraction of sp³-hybridized carbons (Fsp3) is 0.625. The molecule has 0 radical (unpaired) electrons. The Labute approximate surface area is 130 Å². The van der Waals surface area contributed by atoms with Gasteiger partial charge in [-0.15, -0.1) is 0 Å². The molecule has 1 N–H and O–H groups in total. The third-order valence-corrected chi connectivity index (χ3v) is 4.35. The molecule has 0 saturated carbocycles. The predicted molar refractivity (Wildman–Crippen MR) is 81.6 cm³/mol. The predicted octanol–water partition coefficient (Wildman–Crippen LogP) is 0.607. The van der Waals surface area contributed by atoms with Crippen molar-refractivity contribution in [2.75, 3.05) is 39.4 Å². The van der Waals surface area contributed by atoms with Crippen molar-refractivity contribution in [2.24, 2.45) is 5.92 Å². The van der Waals surface area contributed by atoms with E-state index in [2.05, 4.69) is 26.9 Å². The SMILES string of the molecule is Cc1ccc(CN2C[C@@H]3COC[C@H](C2)N(CC(=O)O)C3)nc1. The van der Waals surface area contributed by atoms with E-state index >= 15 is 0 Å². The van der Waals surface area contributed by atoms with E-state index in [-0.39, 0.29) is 12.6 Å². The van der Waals surface area contributed by atoms with Crippen LogP contribution in [0.5, 0.6) is 0 Å². The first-order valence-electron chi connectivity index (χ1n) is 7.77. The maximum atomic E-state index is 11.1. The van der Waals surface area contributed by atoms with Gasteiger partial charge in [-0.2, -0.15) is 0 Å². The second-order valence-corrected chi connectivity index (χ2v) is 6.40. The molecule has 6 heteroatoms. The van der Waals surface area contributed by atoms with Gasteiger partial charge in [0.15, 0.2) is 0 Å². The lowest BCUT2D eigenvalue weighted by Gasteiger charge is -2.30. The van der Waals surface area contributed by atoms with E-state index in [1.165, 1.54) is 0 Å². The van der Waals surface area contributed by atoms with Crippen LogP contribution in [0.3, 0.4) is 0 Å². The van der Waals surface area contributed by atoms with Crippen molar-refractivity contribution < 1.29 is 14.6 Å². The van der Waals surface area contributed by atoms with E-state index in [0.717, 1.165) is 37.4 Å². The van der Waals surface area contributed by atoms with Crippen LogP contribution in [-0.2, 0) is 16.1 Å². The zero-order valence-electron chi connectivity index (χ0n) is 12.9. The van der Waals surface area contributed by atoms with E-state index in [4.69, 9.17) is 9.84 Å². The number of rotatable bonds is 4. The maximum Gasteiger partial charge on any atom is 0.317 e. The summed E-state index contributed by atoms with van der Waals surface area (Å²) in [4.78, 5) is 20.0. The van der Waals surface area contributed by atoms with Crippen LogP contribution in [0, 0.1) is 12.8 Å². The van der Waals surface area contributed by atoms with Gasteiger partial charge in [0.2, 0.25) is 0 Å². The Balaban J connectivity index is 1.70. The number of hydrogen-bond donors (Lipinski definition) is 1. The molecule has 22 heavy (non-hydrogen) atoms. The summed E-state index contributed by atoms with van der Waals surface area (Å²) in [6.45, 7) is 6.84. The number of carbonyl (C=O) groups is 1. The molecule has 2 saturated heterocycles. The van der Waals surface area contributed by atoms with Crippen LogP contribution in [0.1, 0.15) is 11.3 Å². The Bertz CT molecular complexity index is 520. The number of pyridine rings is 1. The molecule has 3 heterocycles. The molecule has 2 aliphatic rings. The van der Waals surface area contributed by atoms with Crippen LogP contribution in [0.25, 0.3) is 0 Å². The zero-order chi connectivity index (χ0) is 15.5. The molecule has 2 aliphatic heterocycles. The van der Waals surface area contributed by atoms with E-state index in [1.54, 1.807) is 0 Å². The first kappa shape index (κ1) is 15.4. The van der Waals surface area contributed by atoms with Crippen molar-refractivity contribution in [3.8, 4) is 0 Å². The molecule has 2 bridgehead atoms. The van der Waals surface area contributed by atoms with Gasteiger partial charge in [0.05, 0.1) is 25.5 Å². The summed E-state index contributed by atoms with van der Waals surface area (Å²) < 4.78 is 5.71. The van der Waals surface area contributed by atoms with E-state index in [9.17, 15) is 4.79 Å². The van der Waals surface area contributed by atoms with Crippen molar-refractivity contribution in [3.63, 3.8) is 0 Å². The highest BCUT2D eigenvalue weighted by atomic mass is 16.5. The second kappa shape index (κ2) is 6.73. The highest BCUT2D eigenvalue weighted by molar-refractivity contribution is 5.69. The summed E-state index contributed by atoms with van der Waals surface area (Å²) in [6, 6.07) is 4.30. The minimum Gasteiger partial charge on any atom is -0.480 e. The minimum absolute atomic E-state index is 0.0984. The van der Waals surface area contributed by atoms with Crippen LogP contribution in [0.4, 0.5) is 0 Å². The molecular weight excluding hydrogens is 282 g/mol. The Hall–Kier alpha value is -1.50. The van der Waals surface area contributed by atoms with Gasteiger partial charge in [-0.3, -0.25) is 19.6 Å². The number of hydrogen-bond acceptors (Lipinski definition) is 5. The van der Waals surface area contributed by atoms with Crippen molar-refractivity contribution in [3.05, 3.63) is 29.6 Å². The number of ether oxygens (including phenoxy) is 1. The van der Waals surface area contributed by atoms with Gasteiger partial charge < -0.3 is 9.84 Å². The highest BCUT2D eigenvalue weighted by Crippen LogP contribution is 2.20. The number of nitrogens with zero attached hydrogens (tertiary/aromatic N) is 3. The molecule has 0 amide bonds. The number of aryl methyl sites for hydroxylation is 1. The van der Waals surface area contributed by atoms with Gasteiger partial charge in [0.25, 0.3) is 0 Å².